The van der Waals surface area contributed by atoms with E-state index in [4.69, 9.17) is 0 Å². The third-order valence-electron chi connectivity index (χ3n) is 9.88. The second-order valence-electron chi connectivity index (χ2n) is 12.9. The Kier molecular flexibility index (Phi) is 5.37. The van der Waals surface area contributed by atoms with Crippen LogP contribution >= 0.6 is 0 Å². The van der Waals surface area contributed by atoms with Crippen LogP contribution in [0.3, 0.4) is 0 Å². The number of carbonyl (C=O) groups is 1. The Balaban J connectivity index is 1.58. The Hall–Kier alpha value is -0.630. The molecule has 0 aromatic rings. The van der Waals surface area contributed by atoms with Gasteiger partial charge in [-0.1, -0.05) is 53.2 Å². The normalized spacial score (nSPS) is 45.8. The maximum absolute atomic E-state index is 13.7. The van der Waals surface area contributed by atoms with Gasteiger partial charge in [0.2, 0.25) is 0 Å². The van der Waals surface area contributed by atoms with Crippen LogP contribution in [0.4, 0.5) is 0 Å². The average Bonchev–Trinajstić information content (AvgIpc) is 2.96. The van der Waals surface area contributed by atoms with Crippen LogP contribution in [0, 0.1) is 45.8 Å². The quantitative estimate of drug-likeness (QED) is 0.544. The highest BCUT2D eigenvalue weighted by atomic mass is 16.3. The second-order valence-corrected chi connectivity index (χ2v) is 12.9. The van der Waals surface area contributed by atoms with Gasteiger partial charge in [0, 0.05) is 12.3 Å². The van der Waals surface area contributed by atoms with Gasteiger partial charge in [-0.15, -0.1) is 0 Å². The second kappa shape index (κ2) is 7.21. The van der Waals surface area contributed by atoms with E-state index in [1.807, 2.05) is 0 Å². The molecule has 0 radical (unpaired) electrons. The largest absolute Gasteiger partial charge is 0.393 e. The van der Waals surface area contributed by atoms with E-state index < -0.39 is 0 Å². The highest BCUT2D eigenvalue weighted by Gasteiger charge is 2.62. The molecule has 1 N–H and O–H groups in total. The van der Waals surface area contributed by atoms with Crippen molar-refractivity contribution in [3.8, 4) is 0 Å². The van der Waals surface area contributed by atoms with Gasteiger partial charge in [0.15, 0.2) is 0 Å². The van der Waals surface area contributed by atoms with Gasteiger partial charge in [0.25, 0.3) is 0 Å². The van der Waals surface area contributed by atoms with Crippen LogP contribution in [-0.2, 0) is 4.79 Å². The first-order chi connectivity index (χ1) is 13.5. The SMILES string of the molecule is C[C@H](CCC(C)(C)C)[C@H]1CC[C@H]2[C@@H]3CC=C4C[C@@H](O)CC[C@]4(C)[C@H]3C(=O)C[C@]12C. The summed E-state index contributed by atoms with van der Waals surface area (Å²) in [5.74, 6) is 3.40. The van der Waals surface area contributed by atoms with Gasteiger partial charge in [0.1, 0.15) is 5.78 Å². The summed E-state index contributed by atoms with van der Waals surface area (Å²) >= 11 is 0. The number of hydrogen-bond donors (Lipinski definition) is 1. The lowest BCUT2D eigenvalue weighted by Gasteiger charge is -2.57. The number of fused-ring (bicyclic) bond motifs is 5. The average molecular weight is 401 g/mol. The lowest BCUT2D eigenvalue weighted by molar-refractivity contribution is -0.145. The highest BCUT2D eigenvalue weighted by molar-refractivity contribution is 5.85. The van der Waals surface area contributed by atoms with E-state index in [-0.39, 0.29) is 22.9 Å². The van der Waals surface area contributed by atoms with E-state index >= 15 is 0 Å². The van der Waals surface area contributed by atoms with Crippen molar-refractivity contribution in [3.63, 3.8) is 0 Å². The van der Waals surface area contributed by atoms with Crippen molar-refractivity contribution >= 4 is 5.78 Å². The molecule has 0 heterocycles. The van der Waals surface area contributed by atoms with Crippen LogP contribution < -0.4 is 0 Å². The molecule has 2 heteroatoms. The van der Waals surface area contributed by atoms with Crippen molar-refractivity contribution < 1.29 is 9.90 Å². The molecule has 29 heavy (non-hydrogen) atoms. The summed E-state index contributed by atoms with van der Waals surface area (Å²) in [5, 5.41) is 10.2. The molecule has 3 fully saturated rings. The number of aliphatic hydroxyl groups is 1. The summed E-state index contributed by atoms with van der Waals surface area (Å²) in [6, 6.07) is 0. The molecule has 164 valence electrons. The van der Waals surface area contributed by atoms with Gasteiger partial charge in [0.05, 0.1) is 6.10 Å². The zero-order valence-corrected chi connectivity index (χ0v) is 19.8. The molecule has 4 rings (SSSR count). The molecule has 0 aromatic carbocycles. The van der Waals surface area contributed by atoms with Crippen LogP contribution in [0.25, 0.3) is 0 Å². The fourth-order valence-electron chi connectivity index (χ4n) is 8.31. The number of ketones is 1. The topological polar surface area (TPSA) is 37.3 Å². The first-order valence-corrected chi connectivity index (χ1v) is 12.4. The summed E-state index contributed by atoms with van der Waals surface area (Å²) in [7, 11) is 0. The smallest absolute Gasteiger partial charge is 0.137 e. The summed E-state index contributed by atoms with van der Waals surface area (Å²) in [6.45, 7) is 14.3. The van der Waals surface area contributed by atoms with E-state index in [2.05, 4.69) is 47.6 Å². The molecular formula is C27H44O2. The first-order valence-electron chi connectivity index (χ1n) is 12.4. The Morgan fingerprint density at radius 2 is 1.93 bits per heavy atom. The van der Waals surface area contributed by atoms with Crippen molar-refractivity contribution in [1.82, 2.24) is 0 Å². The molecule has 0 amide bonds. The minimum absolute atomic E-state index is 0.0104. The Labute approximate surface area is 178 Å². The molecule has 2 nitrogen and oxygen atoms in total. The molecule has 0 spiro atoms. The number of carbonyl (C=O) groups excluding carboxylic acids is 1. The van der Waals surface area contributed by atoms with Crippen LogP contribution in [0.2, 0.25) is 0 Å². The van der Waals surface area contributed by atoms with Gasteiger partial charge in [-0.2, -0.15) is 0 Å². The zero-order chi connectivity index (χ0) is 21.2. The molecule has 0 aliphatic heterocycles. The van der Waals surface area contributed by atoms with E-state index in [9.17, 15) is 9.90 Å². The number of allylic oxidation sites excluding steroid dienone is 1. The molecule has 0 bridgehead atoms. The number of aliphatic hydroxyl groups excluding tert-OH is 1. The minimum Gasteiger partial charge on any atom is -0.393 e. The Morgan fingerprint density at radius 1 is 1.21 bits per heavy atom. The molecule has 3 saturated carbocycles. The highest BCUT2D eigenvalue weighted by Crippen LogP contribution is 2.66. The molecule has 0 unspecified atom stereocenters. The first kappa shape index (κ1) is 21.6. The van der Waals surface area contributed by atoms with Crippen LogP contribution in [0.5, 0.6) is 0 Å². The van der Waals surface area contributed by atoms with Crippen LogP contribution in [0.15, 0.2) is 11.6 Å². The molecule has 4 aliphatic rings. The molecular weight excluding hydrogens is 356 g/mol. The van der Waals surface area contributed by atoms with Crippen LogP contribution in [-0.4, -0.2) is 17.0 Å². The van der Waals surface area contributed by atoms with E-state index in [1.54, 1.807) is 0 Å². The summed E-state index contributed by atoms with van der Waals surface area (Å²) < 4.78 is 0. The Bertz CT molecular complexity index is 685. The molecule has 4 aliphatic carbocycles. The summed E-state index contributed by atoms with van der Waals surface area (Å²) in [5.41, 5.74) is 2.00. The minimum atomic E-state index is -0.200. The maximum Gasteiger partial charge on any atom is 0.137 e. The lowest BCUT2D eigenvalue weighted by Crippen LogP contribution is -2.55. The predicted octanol–water partition coefficient (Wildman–Crippen LogP) is 6.57. The zero-order valence-electron chi connectivity index (χ0n) is 19.8. The Morgan fingerprint density at radius 3 is 2.62 bits per heavy atom. The van der Waals surface area contributed by atoms with Gasteiger partial charge in [-0.3, -0.25) is 4.79 Å². The van der Waals surface area contributed by atoms with Crippen molar-refractivity contribution in [2.45, 2.75) is 105 Å². The third-order valence-corrected chi connectivity index (χ3v) is 9.88. The molecule has 0 aromatic heterocycles. The fourth-order valence-corrected chi connectivity index (χ4v) is 8.31. The maximum atomic E-state index is 13.7. The predicted molar refractivity (Wildman–Crippen MR) is 119 cm³/mol. The van der Waals surface area contributed by atoms with Crippen molar-refractivity contribution in [2.24, 2.45) is 45.8 Å². The number of hydrogen-bond acceptors (Lipinski definition) is 2. The van der Waals surface area contributed by atoms with Crippen molar-refractivity contribution in [2.75, 3.05) is 0 Å². The van der Waals surface area contributed by atoms with Gasteiger partial charge in [-0.05, 0) is 91.3 Å². The van der Waals surface area contributed by atoms with E-state index in [0.717, 1.165) is 32.1 Å². The molecule has 0 saturated heterocycles. The number of Topliss-reactive ketones (excluding diaryl/α,β-unsaturated/α-hetero) is 1. The number of rotatable bonds is 3. The van der Waals surface area contributed by atoms with Gasteiger partial charge >= 0.3 is 0 Å². The fraction of sp³-hybridized carbons (Fsp3) is 0.889. The lowest BCUT2D eigenvalue weighted by atomic mass is 9.46. The molecule has 8 atom stereocenters. The van der Waals surface area contributed by atoms with E-state index in [0.29, 0.717) is 34.9 Å². The monoisotopic (exact) mass is 400 g/mol. The van der Waals surface area contributed by atoms with Gasteiger partial charge in [-0.25, -0.2) is 0 Å². The summed E-state index contributed by atoms with van der Waals surface area (Å²) in [4.78, 5) is 13.7. The van der Waals surface area contributed by atoms with E-state index in [1.165, 1.54) is 31.3 Å². The van der Waals surface area contributed by atoms with Crippen LogP contribution in [0.1, 0.15) is 99.3 Å². The standard InChI is InChI=1S/C27H44O2/c1-17(11-13-25(2,3)4)21-9-10-22-20-8-7-18-15-19(28)12-14-26(18,5)24(20)23(29)16-27(21,22)6/h7,17,19-22,24,28H,8-16H2,1-6H3/t17-,19+,20+,21-,22+,24-,26+,27-/m1/s1. The summed E-state index contributed by atoms with van der Waals surface area (Å²) in [6.07, 6.45) is 11.9. The van der Waals surface area contributed by atoms with Crippen molar-refractivity contribution in [3.05, 3.63) is 11.6 Å². The van der Waals surface area contributed by atoms with Crippen molar-refractivity contribution in [1.29, 1.82) is 0 Å². The van der Waals surface area contributed by atoms with Gasteiger partial charge < -0.3 is 5.11 Å². The third kappa shape index (κ3) is 3.56.